The van der Waals surface area contributed by atoms with Gasteiger partial charge in [-0.15, -0.1) is 0 Å². The minimum absolute atomic E-state index is 0.0616. The van der Waals surface area contributed by atoms with E-state index in [1.54, 1.807) is 6.20 Å². The Morgan fingerprint density at radius 1 is 1.33 bits per heavy atom. The van der Waals surface area contributed by atoms with E-state index < -0.39 is 0 Å². The molecule has 0 radical (unpaired) electrons. The highest BCUT2D eigenvalue weighted by molar-refractivity contribution is 6.30. The lowest BCUT2D eigenvalue weighted by Crippen LogP contribution is -2.24. The molecule has 1 fully saturated rings. The summed E-state index contributed by atoms with van der Waals surface area (Å²) in [5, 5.41) is 0.565. The van der Waals surface area contributed by atoms with Crippen LogP contribution in [0, 0.1) is 5.92 Å². The van der Waals surface area contributed by atoms with E-state index in [0.717, 1.165) is 5.56 Å². The number of hydrogen-bond acceptors (Lipinski definition) is 2. The molecule has 1 aliphatic carbocycles. The molecule has 0 bridgehead atoms. The molecule has 15 heavy (non-hydrogen) atoms. The van der Waals surface area contributed by atoms with Crippen LogP contribution in [0.1, 0.15) is 43.7 Å². The fraction of sp³-hybridized carbons (Fsp3) is 0.583. The molecule has 1 aromatic heterocycles. The third-order valence-electron chi connectivity index (χ3n) is 3.30. The molecule has 1 aliphatic rings. The summed E-state index contributed by atoms with van der Waals surface area (Å²) in [4.78, 5) is 4.08. The summed E-state index contributed by atoms with van der Waals surface area (Å²) in [6, 6.07) is 3.96. The second kappa shape index (κ2) is 4.95. The molecule has 0 saturated heterocycles. The molecule has 3 heteroatoms. The summed E-state index contributed by atoms with van der Waals surface area (Å²) < 4.78 is 0. The van der Waals surface area contributed by atoms with E-state index in [2.05, 4.69) is 4.98 Å². The average molecular weight is 225 g/mol. The summed E-state index contributed by atoms with van der Waals surface area (Å²) in [6.07, 6.45) is 8.12. The van der Waals surface area contributed by atoms with Gasteiger partial charge in [0.15, 0.2) is 0 Å². The largest absolute Gasteiger partial charge is 0.324 e. The number of pyridine rings is 1. The molecule has 0 amide bonds. The summed E-state index contributed by atoms with van der Waals surface area (Å²) in [5.41, 5.74) is 7.25. The van der Waals surface area contributed by atoms with Crippen LogP contribution in [-0.2, 0) is 0 Å². The SMILES string of the molecule is N[C@@H](c1cccnc1Cl)C1CCCCC1. The molecular weight excluding hydrogens is 208 g/mol. The van der Waals surface area contributed by atoms with Crippen molar-refractivity contribution in [1.29, 1.82) is 0 Å². The van der Waals surface area contributed by atoms with E-state index in [4.69, 9.17) is 17.3 Å². The van der Waals surface area contributed by atoms with Gasteiger partial charge in [0.25, 0.3) is 0 Å². The summed E-state index contributed by atoms with van der Waals surface area (Å²) in [5.74, 6) is 0.584. The quantitative estimate of drug-likeness (QED) is 0.783. The summed E-state index contributed by atoms with van der Waals surface area (Å²) >= 11 is 6.05. The minimum Gasteiger partial charge on any atom is -0.324 e. The zero-order valence-electron chi connectivity index (χ0n) is 8.82. The molecule has 0 aliphatic heterocycles. The van der Waals surface area contributed by atoms with Crippen LogP contribution < -0.4 is 5.73 Å². The average Bonchev–Trinajstić information content (AvgIpc) is 2.30. The normalized spacial score (nSPS) is 20.1. The molecule has 2 N–H and O–H groups in total. The number of nitrogens with zero attached hydrogens (tertiary/aromatic N) is 1. The van der Waals surface area contributed by atoms with E-state index in [0.29, 0.717) is 11.1 Å². The minimum atomic E-state index is 0.0616. The van der Waals surface area contributed by atoms with Crippen molar-refractivity contribution in [2.45, 2.75) is 38.1 Å². The van der Waals surface area contributed by atoms with Crippen molar-refractivity contribution in [1.82, 2.24) is 4.98 Å². The van der Waals surface area contributed by atoms with Crippen molar-refractivity contribution in [2.24, 2.45) is 11.7 Å². The van der Waals surface area contributed by atoms with E-state index in [-0.39, 0.29) is 6.04 Å². The Kier molecular flexibility index (Phi) is 3.60. The molecule has 2 nitrogen and oxygen atoms in total. The maximum atomic E-state index is 6.25. The van der Waals surface area contributed by atoms with Crippen LogP contribution in [0.25, 0.3) is 0 Å². The molecule has 82 valence electrons. The van der Waals surface area contributed by atoms with Crippen molar-refractivity contribution in [3.63, 3.8) is 0 Å². The lowest BCUT2D eigenvalue weighted by atomic mass is 9.82. The molecule has 1 saturated carbocycles. The monoisotopic (exact) mass is 224 g/mol. The van der Waals surface area contributed by atoms with Gasteiger partial charge in [-0.1, -0.05) is 36.9 Å². The van der Waals surface area contributed by atoms with Gasteiger partial charge in [-0.3, -0.25) is 0 Å². The number of aromatic nitrogens is 1. The van der Waals surface area contributed by atoms with Gasteiger partial charge in [-0.05, 0) is 24.8 Å². The van der Waals surface area contributed by atoms with Crippen LogP contribution in [0.4, 0.5) is 0 Å². The third-order valence-corrected chi connectivity index (χ3v) is 3.62. The maximum absolute atomic E-state index is 6.25. The first kappa shape index (κ1) is 10.9. The number of halogens is 1. The van der Waals surface area contributed by atoms with Gasteiger partial charge in [0.1, 0.15) is 5.15 Å². The number of hydrogen-bond donors (Lipinski definition) is 1. The lowest BCUT2D eigenvalue weighted by Gasteiger charge is -2.27. The predicted octanol–water partition coefficient (Wildman–Crippen LogP) is 3.32. The Morgan fingerprint density at radius 2 is 2.07 bits per heavy atom. The Balaban J connectivity index is 2.12. The first-order valence-corrected chi connectivity index (χ1v) is 6.03. The molecular formula is C12H17ClN2. The van der Waals surface area contributed by atoms with Crippen LogP contribution in [0.3, 0.4) is 0 Å². The Bertz CT molecular complexity index is 321. The van der Waals surface area contributed by atoms with Crippen molar-refractivity contribution >= 4 is 11.6 Å². The lowest BCUT2D eigenvalue weighted by molar-refractivity contribution is 0.308. The predicted molar refractivity (Wildman–Crippen MR) is 62.8 cm³/mol. The number of nitrogens with two attached hydrogens (primary N) is 1. The second-order valence-electron chi connectivity index (χ2n) is 4.31. The first-order valence-electron chi connectivity index (χ1n) is 5.65. The molecule has 1 aromatic rings. The van der Waals surface area contributed by atoms with Crippen LogP contribution in [0.5, 0.6) is 0 Å². The maximum Gasteiger partial charge on any atom is 0.133 e. The zero-order valence-corrected chi connectivity index (χ0v) is 9.58. The smallest absolute Gasteiger partial charge is 0.133 e. The van der Waals surface area contributed by atoms with Gasteiger partial charge in [0, 0.05) is 17.8 Å². The molecule has 0 unspecified atom stereocenters. The first-order chi connectivity index (χ1) is 7.29. The van der Waals surface area contributed by atoms with Crippen molar-refractivity contribution < 1.29 is 0 Å². The van der Waals surface area contributed by atoms with Crippen molar-refractivity contribution in [2.75, 3.05) is 0 Å². The summed E-state index contributed by atoms with van der Waals surface area (Å²) in [6.45, 7) is 0. The second-order valence-corrected chi connectivity index (χ2v) is 4.67. The van der Waals surface area contributed by atoms with Gasteiger partial charge in [0.05, 0.1) is 0 Å². The van der Waals surface area contributed by atoms with E-state index >= 15 is 0 Å². The Hall–Kier alpha value is -0.600. The van der Waals surface area contributed by atoms with Gasteiger partial charge in [-0.2, -0.15) is 0 Å². The van der Waals surface area contributed by atoms with Gasteiger partial charge < -0.3 is 5.73 Å². The van der Waals surface area contributed by atoms with Crippen molar-refractivity contribution in [3.8, 4) is 0 Å². The summed E-state index contributed by atoms with van der Waals surface area (Å²) in [7, 11) is 0. The van der Waals surface area contributed by atoms with Gasteiger partial charge in [-0.25, -0.2) is 4.98 Å². The van der Waals surface area contributed by atoms with Gasteiger partial charge >= 0.3 is 0 Å². The third kappa shape index (κ3) is 2.50. The van der Waals surface area contributed by atoms with Crippen LogP contribution in [0.2, 0.25) is 5.15 Å². The molecule has 2 rings (SSSR count). The fourth-order valence-corrected chi connectivity index (χ4v) is 2.64. The molecule has 0 spiro atoms. The molecule has 1 atom stereocenters. The van der Waals surface area contributed by atoms with E-state index in [1.807, 2.05) is 12.1 Å². The van der Waals surface area contributed by atoms with E-state index in [1.165, 1.54) is 32.1 Å². The van der Waals surface area contributed by atoms with E-state index in [9.17, 15) is 0 Å². The molecule has 1 heterocycles. The van der Waals surface area contributed by atoms with Crippen LogP contribution in [0.15, 0.2) is 18.3 Å². The fourth-order valence-electron chi connectivity index (χ4n) is 2.39. The topological polar surface area (TPSA) is 38.9 Å². The van der Waals surface area contributed by atoms with Crippen molar-refractivity contribution in [3.05, 3.63) is 29.0 Å². The Morgan fingerprint density at radius 3 is 2.73 bits per heavy atom. The molecule has 0 aromatic carbocycles. The van der Waals surface area contributed by atoms with Crippen LogP contribution >= 0.6 is 11.6 Å². The highest BCUT2D eigenvalue weighted by Gasteiger charge is 2.23. The number of rotatable bonds is 2. The zero-order chi connectivity index (χ0) is 10.7. The highest BCUT2D eigenvalue weighted by atomic mass is 35.5. The van der Waals surface area contributed by atoms with Gasteiger partial charge in [0.2, 0.25) is 0 Å². The highest BCUT2D eigenvalue weighted by Crippen LogP contribution is 2.34. The van der Waals surface area contributed by atoms with Crippen LogP contribution in [-0.4, -0.2) is 4.98 Å². The Labute approximate surface area is 95.8 Å². The standard InChI is InChI=1S/C12H17ClN2/c13-12-10(7-4-8-15-12)11(14)9-5-2-1-3-6-9/h4,7-9,11H,1-3,5-6,14H2/t11-/m1/s1.